The monoisotopic (exact) mass is 395 g/mol. The number of nitrogens with zero attached hydrogens (tertiary/aromatic N) is 1. The van der Waals surface area contributed by atoms with E-state index in [1.54, 1.807) is 30.1 Å². The van der Waals surface area contributed by atoms with Crippen molar-refractivity contribution in [2.45, 2.75) is 12.5 Å². The van der Waals surface area contributed by atoms with E-state index in [4.69, 9.17) is 27.9 Å². The minimum atomic E-state index is -0.274. The molecule has 0 bridgehead atoms. The van der Waals surface area contributed by atoms with Crippen LogP contribution in [0.5, 0.6) is 5.75 Å². The third-order valence-electron chi connectivity index (χ3n) is 3.75. The molecule has 132 valence electrons. The summed E-state index contributed by atoms with van der Waals surface area (Å²) in [5, 5.41) is 4.28. The first-order valence-corrected chi connectivity index (χ1v) is 9.92. The van der Waals surface area contributed by atoms with Crippen molar-refractivity contribution in [3.05, 3.63) is 58.1 Å². The van der Waals surface area contributed by atoms with E-state index in [2.05, 4.69) is 27.2 Å². The van der Waals surface area contributed by atoms with Gasteiger partial charge in [0.25, 0.3) is 0 Å². The molecule has 0 amide bonds. The van der Waals surface area contributed by atoms with Gasteiger partial charge in [0.2, 0.25) is 0 Å². The van der Waals surface area contributed by atoms with Crippen LogP contribution in [-0.2, 0) is 6.42 Å². The molecule has 2 aromatic carbocycles. The molecule has 0 spiro atoms. The van der Waals surface area contributed by atoms with Crippen molar-refractivity contribution >= 4 is 46.7 Å². The summed E-state index contributed by atoms with van der Waals surface area (Å²) in [6, 6.07) is 13.6. The fourth-order valence-electron chi connectivity index (χ4n) is 2.66. The number of aliphatic imine (C=N–C) groups is 1. The van der Waals surface area contributed by atoms with Crippen LogP contribution < -0.4 is 14.8 Å². The van der Waals surface area contributed by atoms with Crippen LogP contribution in [0.3, 0.4) is 0 Å². The van der Waals surface area contributed by atoms with Gasteiger partial charge in [-0.05, 0) is 29.8 Å². The number of amidine groups is 1. The third kappa shape index (κ3) is 4.75. The highest BCUT2D eigenvalue weighted by Gasteiger charge is 2.23. The SMILES string of the molecule is CSNc1cccc(CC(Oc2c(Cl)cccc2Cl)C2=NCCN2)c1. The Labute approximate surface area is 162 Å². The lowest BCUT2D eigenvalue weighted by molar-refractivity contribution is 0.264. The molecule has 1 atom stereocenters. The minimum absolute atomic E-state index is 0.274. The van der Waals surface area contributed by atoms with Crippen molar-refractivity contribution in [2.75, 3.05) is 24.1 Å². The lowest BCUT2D eigenvalue weighted by atomic mass is 10.1. The summed E-state index contributed by atoms with van der Waals surface area (Å²) in [7, 11) is 0. The van der Waals surface area contributed by atoms with Crippen molar-refractivity contribution in [3.8, 4) is 5.75 Å². The number of hydrogen-bond donors (Lipinski definition) is 2. The molecule has 1 heterocycles. The summed E-state index contributed by atoms with van der Waals surface area (Å²) < 4.78 is 9.43. The lowest BCUT2D eigenvalue weighted by Gasteiger charge is -2.21. The number of benzene rings is 2. The Morgan fingerprint density at radius 1 is 1.24 bits per heavy atom. The van der Waals surface area contributed by atoms with Crippen LogP contribution in [0, 0.1) is 0 Å². The fourth-order valence-corrected chi connectivity index (χ4v) is 3.51. The molecule has 0 aliphatic carbocycles. The average Bonchev–Trinajstić information content (AvgIpc) is 3.12. The van der Waals surface area contributed by atoms with Gasteiger partial charge in [-0.15, -0.1) is 0 Å². The van der Waals surface area contributed by atoms with Gasteiger partial charge in [-0.25, -0.2) is 0 Å². The Morgan fingerprint density at radius 3 is 2.68 bits per heavy atom. The van der Waals surface area contributed by atoms with Crippen LogP contribution in [0.4, 0.5) is 5.69 Å². The Kier molecular flexibility index (Phi) is 6.34. The maximum atomic E-state index is 6.27. The summed E-state index contributed by atoms with van der Waals surface area (Å²) in [6.07, 6.45) is 2.39. The van der Waals surface area contributed by atoms with E-state index in [9.17, 15) is 0 Å². The molecule has 1 unspecified atom stereocenters. The fraction of sp³-hybridized carbons (Fsp3) is 0.278. The Bertz CT molecular complexity index is 749. The molecule has 1 aliphatic rings. The first-order valence-electron chi connectivity index (χ1n) is 7.94. The lowest BCUT2D eigenvalue weighted by Crippen LogP contribution is -2.37. The molecule has 1 aliphatic heterocycles. The smallest absolute Gasteiger partial charge is 0.159 e. The zero-order valence-corrected chi connectivity index (χ0v) is 16.1. The Morgan fingerprint density at radius 2 is 2.00 bits per heavy atom. The third-order valence-corrected chi connectivity index (χ3v) is 4.79. The van der Waals surface area contributed by atoms with Gasteiger partial charge in [-0.2, -0.15) is 0 Å². The molecular weight excluding hydrogens is 377 g/mol. The number of hydrogen-bond acceptors (Lipinski definition) is 5. The van der Waals surface area contributed by atoms with Crippen LogP contribution in [-0.4, -0.2) is 31.3 Å². The summed E-state index contributed by atoms with van der Waals surface area (Å²) >= 11 is 14.1. The van der Waals surface area contributed by atoms with E-state index < -0.39 is 0 Å². The second-order valence-electron chi connectivity index (χ2n) is 5.56. The largest absolute Gasteiger partial charge is 0.479 e. The molecule has 2 N–H and O–H groups in total. The predicted molar refractivity (Wildman–Crippen MR) is 108 cm³/mol. The van der Waals surface area contributed by atoms with Crippen LogP contribution in [0.25, 0.3) is 0 Å². The van der Waals surface area contributed by atoms with Gasteiger partial charge >= 0.3 is 0 Å². The molecule has 25 heavy (non-hydrogen) atoms. The van der Waals surface area contributed by atoms with Gasteiger partial charge in [-0.3, -0.25) is 4.99 Å². The molecule has 4 nitrogen and oxygen atoms in total. The summed E-state index contributed by atoms with van der Waals surface area (Å²) in [5.41, 5.74) is 2.20. The van der Waals surface area contributed by atoms with Crippen LogP contribution in [0.1, 0.15) is 5.56 Å². The molecule has 0 saturated heterocycles. The van der Waals surface area contributed by atoms with Gasteiger partial charge in [0.1, 0.15) is 5.84 Å². The molecule has 0 saturated carbocycles. The standard InChI is InChI=1S/C18H19Cl2N3OS/c1-25-23-13-5-2-4-12(10-13)11-16(18-21-8-9-22-18)24-17-14(19)6-3-7-15(17)20/h2-7,10,16,23H,8-9,11H2,1H3,(H,21,22). The number of rotatable bonds is 7. The van der Waals surface area contributed by atoms with Crippen molar-refractivity contribution in [2.24, 2.45) is 4.99 Å². The first-order chi connectivity index (χ1) is 12.2. The van der Waals surface area contributed by atoms with Crippen LogP contribution >= 0.6 is 35.1 Å². The zero-order chi connectivity index (χ0) is 17.6. The molecule has 3 rings (SSSR count). The van der Waals surface area contributed by atoms with Gasteiger partial charge in [-0.1, -0.05) is 53.3 Å². The highest BCUT2D eigenvalue weighted by molar-refractivity contribution is 7.99. The van der Waals surface area contributed by atoms with Crippen molar-refractivity contribution in [1.82, 2.24) is 5.32 Å². The Hall–Kier alpha value is -1.56. The van der Waals surface area contributed by atoms with Crippen molar-refractivity contribution in [1.29, 1.82) is 0 Å². The second kappa shape index (κ2) is 8.70. The highest BCUT2D eigenvalue weighted by atomic mass is 35.5. The Balaban J connectivity index is 1.84. The van der Waals surface area contributed by atoms with E-state index >= 15 is 0 Å². The maximum Gasteiger partial charge on any atom is 0.159 e. The summed E-state index contributed by atoms with van der Waals surface area (Å²) in [5.74, 6) is 1.32. The second-order valence-corrected chi connectivity index (χ2v) is 6.99. The van der Waals surface area contributed by atoms with E-state index in [1.807, 2.05) is 18.4 Å². The topological polar surface area (TPSA) is 45.6 Å². The molecule has 7 heteroatoms. The number of anilines is 1. The van der Waals surface area contributed by atoms with E-state index in [0.29, 0.717) is 22.2 Å². The first kappa shape index (κ1) is 18.2. The van der Waals surface area contributed by atoms with E-state index in [1.165, 1.54) is 0 Å². The molecule has 0 aromatic heterocycles. The van der Waals surface area contributed by atoms with E-state index in [0.717, 1.165) is 30.2 Å². The van der Waals surface area contributed by atoms with Gasteiger partial charge in [0.15, 0.2) is 11.9 Å². The molecule has 2 aromatic rings. The van der Waals surface area contributed by atoms with Gasteiger partial charge in [0.05, 0.1) is 16.6 Å². The zero-order valence-electron chi connectivity index (χ0n) is 13.8. The van der Waals surface area contributed by atoms with Gasteiger partial charge < -0.3 is 14.8 Å². The number of halogens is 2. The van der Waals surface area contributed by atoms with Crippen molar-refractivity contribution < 1.29 is 4.74 Å². The predicted octanol–water partition coefficient (Wildman–Crippen LogP) is 4.68. The quantitative estimate of drug-likeness (QED) is 0.668. The summed E-state index contributed by atoms with van der Waals surface area (Å²) in [6.45, 7) is 1.57. The van der Waals surface area contributed by atoms with Gasteiger partial charge in [0, 0.05) is 24.9 Å². The number of ether oxygens (including phenoxy) is 1. The van der Waals surface area contributed by atoms with E-state index in [-0.39, 0.29) is 6.10 Å². The minimum Gasteiger partial charge on any atom is -0.479 e. The summed E-state index contributed by atoms with van der Waals surface area (Å²) in [4.78, 5) is 4.52. The number of para-hydroxylation sites is 1. The van der Waals surface area contributed by atoms with Crippen LogP contribution in [0.2, 0.25) is 10.0 Å². The highest BCUT2D eigenvalue weighted by Crippen LogP contribution is 2.33. The molecule has 0 radical (unpaired) electrons. The normalized spacial score (nSPS) is 14.6. The van der Waals surface area contributed by atoms with Crippen molar-refractivity contribution in [3.63, 3.8) is 0 Å². The average molecular weight is 396 g/mol. The molecule has 0 fully saturated rings. The number of nitrogens with one attached hydrogen (secondary N) is 2. The van der Waals surface area contributed by atoms with Crippen LogP contribution in [0.15, 0.2) is 47.5 Å². The molecular formula is C18H19Cl2N3OS. The maximum absolute atomic E-state index is 6.27.